The molecule has 0 amide bonds. The number of nitrogens with zero attached hydrogens (tertiary/aromatic N) is 2. The lowest BCUT2D eigenvalue weighted by Crippen LogP contribution is -2.39. The molecule has 1 unspecified atom stereocenters. The highest BCUT2D eigenvalue weighted by atomic mass is 35.5. The van der Waals surface area contributed by atoms with Gasteiger partial charge < -0.3 is 10.2 Å². The van der Waals surface area contributed by atoms with Gasteiger partial charge in [0.25, 0.3) is 5.69 Å². The van der Waals surface area contributed by atoms with Crippen LogP contribution in [0, 0.1) is 10.1 Å². The minimum Gasteiger partial charge on any atom is -0.361 e. The molecule has 6 heteroatoms. The number of rotatable bonds is 5. The summed E-state index contributed by atoms with van der Waals surface area (Å²) in [5, 5.41) is 15.2. The number of nitrogens with one attached hydrogen (secondary N) is 1. The van der Waals surface area contributed by atoms with Gasteiger partial charge in [-0.1, -0.05) is 11.6 Å². The van der Waals surface area contributed by atoms with Gasteiger partial charge in [0.05, 0.1) is 4.92 Å². The van der Waals surface area contributed by atoms with Crippen molar-refractivity contribution in [2.24, 2.45) is 0 Å². The standard InChI is InChI=1S/C14H18ClN3O2/c15-10-3-6-13(18(19)20)14(8-10)17(12-4-5-12)9-11-2-1-7-16-11/h3,6,8,11-12,16H,1-2,4-5,7,9H2. The van der Waals surface area contributed by atoms with Crippen molar-refractivity contribution in [1.29, 1.82) is 0 Å². The Kier molecular flexibility index (Phi) is 3.81. The molecule has 1 saturated carbocycles. The average Bonchev–Trinajstić information content (AvgIpc) is 3.12. The molecule has 20 heavy (non-hydrogen) atoms. The molecular formula is C14H18ClN3O2. The summed E-state index contributed by atoms with van der Waals surface area (Å²) in [6.45, 7) is 1.87. The molecule has 5 nitrogen and oxygen atoms in total. The Balaban J connectivity index is 1.89. The molecule has 1 atom stereocenters. The Morgan fingerprint density at radius 2 is 2.20 bits per heavy atom. The summed E-state index contributed by atoms with van der Waals surface area (Å²) in [4.78, 5) is 13.1. The van der Waals surface area contributed by atoms with Crippen LogP contribution in [0.1, 0.15) is 25.7 Å². The van der Waals surface area contributed by atoms with Gasteiger partial charge in [-0.15, -0.1) is 0 Å². The Morgan fingerprint density at radius 1 is 1.40 bits per heavy atom. The molecule has 1 aromatic carbocycles. The fourth-order valence-corrected chi connectivity index (χ4v) is 3.03. The predicted molar refractivity (Wildman–Crippen MR) is 79.5 cm³/mol. The molecule has 108 valence electrons. The van der Waals surface area contributed by atoms with E-state index in [9.17, 15) is 10.1 Å². The van der Waals surface area contributed by atoms with Crippen molar-refractivity contribution >= 4 is 23.0 Å². The van der Waals surface area contributed by atoms with Crippen LogP contribution in [0.5, 0.6) is 0 Å². The van der Waals surface area contributed by atoms with Crippen molar-refractivity contribution in [3.8, 4) is 0 Å². The SMILES string of the molecule is O=[N+]([O-])c1ccc(Cl)cc1N(CC1CCCN1)C1CC1. The zero-order valence-electron chi connectivity index (χ0n) is 11.2. The molecule has 0 radical (unpaired) electrons. The Morgan fingerprint density at radius 3 is 2.80 bits per heavy atom. The van der Waals surface area contributed by atoms with E-state index in [1.807, 2.05) is 0 Å². The molecular weight excluding hydrogens is 278 g/mol. The summed E-state index contributed by atoms with van der Waals surface area (Å²) in [6.07, 6.45) is 4.53. The van der Waals surface area contributed by atoms with E-state index < -0.39 is 0 Å². The number of hydrogen-bond donors (Lipinski definition) is 1. The monoisotopic (exact) mass is 295 g/mol. The van der Waals surface area contributed by atoms with Crippen LogP contribution in [0.15, 0.2) is 18.2 Å². The van der Waals surface area contributed by atoms with Gasteiger partial charge in [0.2, 0.25) is 0 Å². The first-order valence-electron chi connectivity index (χ1n) is 7.09. The van der Waals surface area contributed by atoms with E-state index in [2.05, 4.69) is 10.2 Å². The highest BCUT2D eigenvalue weighted by molar-refractivity contribution is 6.31. The van der Waals surface area contributed by atoms with Gasteiger partial charge in [0.1, 0.15) is 5.69 Å². The van der Waals surface area contributed by atoms with Crippen LogP contribution in [-0.2, 0) is 0 Å². The third-order valence-electron chi connectivity index (χ3n) is 4.01. The zero-order chi connectivity index (χ0) is 14.1. The number of anilines is 1. The van der Waals surface area contributed by atoms with Crippen molar-refractivity contribution in [3.05, 3.63) is 33.3 Å². The van der Waals surface area contributed by atoms with Crippen LogP contribution in [0.4, 0.5) is 11.4 Å². The Bertz CT molecular complexity index is 513. The van der Waals surface area contributed by atoms with Crippen LogP contribution < -0.4 is 10.2 Å². The van der Waals surface area contributed by atoms with E-state index in [0.717, 1.165) is 32.4 Å². The molecule has 1 heterocycles. The lowest BCUT2D eigenvalue weighted by Gasteiger charge is -2.27. The maximum absolute atomic E-state index is 11.2. The molecule has 1 aliphatic carbocycles. The third-order valence-corrected chi connectivity index (χ3v) is 4.25. The van der Waals surface area contributed by atoms with E-state index in [1.165, 1.54) is 12.5 Å². The summed E-state index contributed by atoms with van der Waals surface area (Å²) < 4.78 is 0. The minimum absolute atomic E-state index is 0.152. The van der Waals surface area contributed by atoms with Crippen molar-refractivity contribution in [1.82, 2.24) is 5.32 Å². The van der Waals surface area contributed by atoms with Crippen LogP contribution in [0.2, 0.25) is 5.02 Å². The highest BCUT2D eigenvalue weighted by Crippen LogP contribution is 2.38. The number of benzene rings is 1. The molecule has 2 aliphatic rings. The Labute approximate surface area is 123 Å². The van der Waals surface area contributed by atoms with E-state index >= 15 is 0 Å². The van der Waals surface area contributed by atoms with Crippen LogP contribution in [-0.4, -0.2) is 30.1 Å². The summed E-state index contributed by atoms with van der Waals surface area (Å²) in [5.41, 5.74) is 0.818. The van der Waals surface area contributed by atoms with Crippen molar-refractivity contribution in [2.45, 2.75) is 37.8 Å². The van der Waals surface area contributed by atoms with Gasteiger partial charge in [0.15, 0.2) is 0 Å². The largest absolute Gasteiger partial charge is 0.361 e. The van der Waals surface area contributed by atoms with E-state index in [4.69, 9.17) is 11.6 Å². The first-order chi connectivity index (χ1) is 9.65. The fraction of sp³-hybridized carbons (Fsp3) is 0.571. The average molecular weight is 296 g/mol. The Hall–Kier alpha value is -1.33. The molecule has 0 aromatic heterocycles. The maximum Gasteiger partial charge on any atom is 0.292 e. The summed E-state index contributed by atoms with van der Waals surface area (Å²) in [7, 11) is 0. The second kappa shape index (κ2) is 5.58. The first kappa shape index (κ1) is 13.6. The van der Waals surface area contributed by atoms with Crippen molar-refractivity contribution in [2.75, 3.05) is 18.0 Å². The molecule has 1 aliphatic heterocycles. The van der Waals surface area contributed by atoms with Gasteiger partial charge in [-0.2, -0.15) is 0 Å². The molecule has 1 aromatic rings. The fourth-order valence-electron chi connectivity index (χ4n) is 2.86. The predicted octanol–water partition coefficient (Wildman–Crippen LogP) is 2.97. The number of halogens is 1. The topological polar surface area (TPSA) is 58.4 Å². The number of hydrogen-bond acceptors (Lipinski definition) is 4. The molecule has 0 bridgehead atoms. The van der Waals surface area contributed by atoms with Crippen LogP contribution in [0.3, 0.4) is 0 Å². The van der Waals surface area contributed by atoms with Crippen LogP contribution >= 0.6 is 11.6 Å². The maximum atomic E-state index is 11.2. The second-order valence-corrected chi connectivity index (χ2v) is 6.00. The lowest BCUT2D eigenvalue weighted by molar-refractivity contribution is -0.384. The van der Waals surface area contributed by atoms with Gasteiger partial charge in [0, 0.05) is 29.7 Å². The van der Waals surface area contributed by atoms with Gasteiger partial charge in [-0.3, -0.25) is 10.1 Å². The molecule has 3 rings (SSSR count). The molecule has 2 fully saturated rings. The lowest BCUT2D eigenvalue weighted by atomic mass is 10.1. The first-order valence-corrected chi connectivity index (χ1v) is 7.47. The molecule has 0 spiro atoms. The number of nitro benzene ring substituents is 1. The van der Waals surface area contributed by atoms with Gasteiger partial charge in [-0.25, -0.2) is 0 Å². The van der Waals surface area contributed by atoms with Crippen molar-refractivity contribution < 1.29 is 4.92 Å². The van der Waals surface area contributed by atoms with Gasteiger partial charge >= 0.3 is 0 Å². The van der Waals surface area contributed by atoms with E-state index in [0.29, 0.717) is 22.8 Å². The molecule has 1 saturated heterocycles. The summed E-state index contributed by atoms with van der Waals surface area (Å²) in [5.74, 6) is 0. The van der Waals surface area contributed by atoms with E-state index in [-0.39, 0.29) is 10.6 Å². The van der Waals surface area contributed by atoms with E-state index in [1.54, 1.807) is 12.1 Å². The van der Waals surface area contributed by atoms with Crippen molar-refractivity contribution in [3.63, 3.8) is 0 Å². The zero-order valence-corrected chi connectivity index (χ0v) is 12.0. The highest BCUT2D eigenvalue weighted by Gasteiger charge is 2.34. The normalized spacial score (nSPS) is 21.9. The second-order valence-electron chi connectivity index (χ2n) is 5.57. The third kappa shape index (κ3) is 2.88. The molecule has 1 N–H and O–H groups in total. The number of nitro groups is 1. The summed E-state index contributed by atoms with van der Waals surface area (Å²) in [6, 6.07) is 5.67. The van der Waals surface area contributed by atoms with Crippen LogP contribution in [0.25, 0.3) is 0 Å². The minimum atomic E-state index is -0.316. The summed E-state index contributed by atoms with van der Waals surface area (Å²) >= 11 is 6.04. The quantitative estimate of drug-likeness (QED) is 0.670. The smallest absolute Gasteiger partial charge is 0.292 e. The van der Waals surface area contributed by atoms with Gasteiger partial charge in [-0.05, 0) is 44.4 Å².